The summed E-state index contributed by atoms with van der Waals surface area (Å²) in [7, 11) is 1.87. The molecule has 3 N–H and O–H groups in total. The van der Waals surface area contributed by atoms with Crippen LogP contribution < -0.4 is 20.7 Å². The maximum absolute atomic E-state index is 13.1. The van der Waals surface area contributed by atoms with Crippen molar-refractivity contribution < 1.29 is 14.3 Å². The molecular formula is C32H34ClN5O3. The molecule has 8 nitrogen and oxygen atoms in total. The average Bonchev–Trinajstić information content (AvgIpc) is 3.24. The number of rotatable bonds is 8. The second-order valence-electron chi connectivity index (χ2n) is 10.5. The standard InChI is InChI=1S/C32H34ClN5O3/c1-6-41-28-19-27-26(18-23(28)29(39)34-16-10-13-21-11-8-7-9-12-21)37-31(38(27)5)36-25-17-22(14-15-24(25)33)20-35-30(40)32(2,3)4/h7-9,11-12,14-15,17-19H,6,16,20H2,1-5H3,(H,34,39)(H,35,40)(H,36,37). The summed E-state index contributed by atoms with van der Waals surface area (Å²) in [5.41, 5.74) is 3.71. The Morgan fingerprint density at radius 1 is 1.05 bits per heavy atom. The highest BCUT2D eigenvalue weighted by Gasteiger charge is 2.21. The first-order chi connectivity index (χ1) is 19.6. The molecule has 0 fully saturated rings. The molecule has 4 rings (SSSR count). The molecule has 9 heteroatoms. The van der Waals surface area contributed by atoms with E-state index >= 15 is 0 Å². The van der Waals surface area contributed by atoms with E-state index in [1.54, 1.807) is 12.1 Å². The molecule has 0 aliphatic carbocycles. The molecule has 41 heavy (non-hydrogen) atoms. The van der Waals surface area contributed by atoms with Gasteiger partial charge in [-0.1, -0.05) is 68.5 Å². The van der Waals surface area contributed by atoms with Crippen LogP contribution in [0.5, 0.6) is 5.75 Å². The number of nitrogens with one attached hydrogen (secondary N) is 3. The van der Waals surface area contributed by atoms with Crippen LogP contribution in [0.15, 0.2) is 60.7 Å². The van der Waals surface area contributed by atoms with E-state index in [9.17, 15) is 9.59 Å². The van der Waals surface area contributed by atoms with Crippen molar-refractivity contribution in [2.45, 2.75) is 34.2 Å². The molecule has 1 heterocycles. The third-order valence-electron chi connectivity index (χ3n) is 6.28. The minimum atomic E-state index is -0.480. The van der Waals surface area contributed by atoms with E-state index in [4.69, 9.17) is 21.3 Å². The van der Waals surface area contributed by atoms with E-state index in [0.717, 1.165) is 16.6 Å². The number of fused-ring (bicyclic) bond motifs is 1. The maximum atomic E-state index is 13.1. The van der Waals surface area contributed by atoms with Crippen molar-refractivity contribution in [3.8, 4) is 17.6 Å². The number of ether oxygens (including phenoxy) is 1. The number of benzene rings is 3. The number of nitrogens with zero attached hydrogens (tertiary/aromatic N) is 2. The van der Waals surface area contributed by atoms with Crippen molar-refractivity contribution >= 4 is 46.1 Å². The molecule has 1 aromatic heterocycles. The summed E-state index contributed by atoms with van der Waals surface area (Å²) in [6.07, 6.45) is 0. The molecule has 2 amide bonds. The van der Waals surface area contributed by atoms with E-state index in [-0.39, 0.29) is 18.4 Å². The highest BCUT2D eigenvalue weighted by molar-refractivity contribution is 6.33. The summed E-state index contributed by atoms with van der Waals surface area (Å²) in [5, 5.41) is 9.60. The van der Waals surface area contributed by atoms with E-state index in [1.807, 2.05) is 87.8 Å². The molecule has 0 atom stereocenters. The van der Waals surface area contributed by atoms with Gasteiger partial charge in [0.2, 0.25) is 11.9 Å². The van der Waals surface area contributed by atoms with Crippen LogP contribution in [0.2, 0.25) is 5.02 Å². The van der Waals surface area contributed by atoms with Gasteiger partial charge >= 0.3 is 0 Å². The molecule has 0 saturated heterocycles. The molecule has 4 aromatic rings. The van der Waals surface area contributed by atoms with Gasteiger partial charge in [0, 0.05) is 30.6 Å². The Morgan fingerprint density at radius 3 is 2.51 bits per heavy atom. The van der Waals surface area contributed by atoms with Crippen molar-refractivity contribution in [3.63, 3.8) is 0 Å². The van der Waals surface area contributed by atoms with Gasteiger partial charge in [-0.05, 0) is 42.8 Å². The molecule has 0 spiro atoms. The van der Waals surface area contributed by atoms with Crippen molar-refractivity contribution in [2.24, 2.45) is 12.5 Å². The third kappa shape index (κ3) is 7.38. The lowest BCUT2D eigenvalue weighted by molar-refractivity contribution is -0.128. The summed E-state index contributed by atoms with van der Waals surface area (Å²) in [5.74, 6) is 6.66. The van der Waals surface area contributed by atoms with E-state index in [0.29, 0.717) is 46.6 Å². The predicted molar refractivity (Wildman–Crippen MR) is 164 cm³/mol. The van der Waals surface area contributed by atoms with Crippen molar-refractivity contribution in [2.75, 3.05) is 18.5 Å². The Bertz CT molecular complexity index is 1630. The fraction of sp³-hybridized carbons (Fsp3) is 0.281. The number of imidazole rings is 1. The van der Waals surface area contributed by atoms with Crippen LogP contribution in [-0.2, 0) is 18.4 Å². The average molecular weight is 572 g/mol. The zero-order valence-corrected chi connectivity index (χ0v) is 24.6. The highest BCUT2D eigenvalue weighted by Crippen LogP contribution is 2.31. The number of hydrogen-bond acceptors (Lipinski definition) is 5. The first-order valence-corrected chi connectivity index (χ1v) is 13.7. The van der Waals surface area contributed by atoms with Gasteiger partial charge in [0.15, 0.2) is 0 Å². The van der Waals surface area contributed by atoms with Gasteiger partial charge < -0.3 is 25.3 Å². The largest absolute Gasteiger partial charge is 0.493 e. The smallest absolute Gasteiger partial charge is 0.255 e. The predicted octanol–water partition coefficient (Wildman–Crippen LogP) is 5.81. The Kier molecular flexibility index (Phi) is 9.21. The number of aryl methyl sites for hydroxylation is 1. The number of aromatic nitrogens is 2. The lowest BCUT2D eigenvalue weighted by Gasteiger charge is -2.18. The van der Waals surface area contributed by atoms with Gasteiger partial charge in [-0.2, -0.15) is 0 Å². The first kappa shape index (κ1) is 29.5. The fourth-order valence-corrected chi connectivity index (χ4v) is 4.18. The molecule has 212 valence electrons. The summed E-state index contributed by atoms with van der Waals surface area (Å²) < 4.78 is 7.69. The van der Waals surface area contributed by atoms with Crippen LogP contribution >= 0.6 is 11.6 Å². The van der Waals surface area contributed by atoms with Gasteiger partial charge in [-0.25, -0.2) is 4.98 Å². The van der Waals surface area contributed by atoms with Gasteiger partial charge in [0.25, 0.3) is 5.91 Å². The van der Waals surface area contributed by atoms with Crippen LogP contribution in [-0.4, -0.2) is 34.5 Å². The Hall–Kier alpha value is -4.48. The zero-order valence-electron chi connectivity index (χ0n) is 23.9. The molecule has 0 radical (unpaired) electrons. The second-order valence-corrected chi connectivity index (χ2v) is 10.9. The van der Waals surface area contributed by atoms with Gasteiger partial charge in [0.1, 0.15) is 5.75 Å². The molecule has 0 aliphatic rings. The minimum absolute atomic E-state index is 0.0366. The Balaban J connectivity index is 1.55. The van der Waals surface area contributed by atoms with Crippen LogP contribution in [0.25, 0.3) is 11.0 Å². The SMILES string of the molecule is CCOc1cc2c(cc1C(=O)NCC#Cc1ccccc1)nc(Nc1cc(CNC(=O)C(C)(C)C)ccc1Cl)n2C. The lowest BCUT2D eigenvalue weighted by atomic mass is 9.95. The van der Waals surface area contributed by atoms with Crippen molar-refractivity contribution in [3.05, 3.63) is 82.4 Å². The molecule has 0 bridgehead atoms. The van der Waals surface area contributed by atoms with E-state index in [2.05, 4.69) is 27.8 Å². The van der Waals surface area contributed by atoms with Crippen molar-refractivity contribution in [1.82, 2.24) is 20.2 Å². The molecule has 3 aromatic carbocycles. The quantitative estimate of drug-likeness (QED) is 0.232. The maximum Gasteiger partial charge on any atom is 0.255 e. The molecule has 0 unspecified atom stereocenters. The normalized spacial score (nSPS) is 11.0. The molecule has 0 saturated carbocycles. The zero-order chi connectivity index (χ0) is 29.6. The van der Waals surface area contributed by atoms with Crippen LogP contribution in [0.1, 0.15) is 49.2 Å². The monoisotopic (exact) mass is 571 g/mol. The fourth-order valence-electron chi connectivity index (χ4n) is 4.02. The van der Waals surface area contributed by atoms with Gasteiger partial charge in [-0.15, -0.1) is 0 Å². The Labute approximate surface area is 245 Å². The summed E-state index contributed by atoms with van der Waals surface area (Å²) in [4.78, 5) is 30.1. The van der Waals surface area contributed by atoms with Crippen LogP contribution in [0, 0.1) is 17.3 Å². The second kappa shape index (κ2) is 12.8. The van der Waals surface area contributed by atoms with Crippen LogP contribution in [0.4, 0.5) is 11.6 Å². The molecular weight excluding hydrogens is 538 g/mol. The number of amides is 2. The first-order valence-electron chi connectivity index (χ1n) is 13.4. The molecule has 0 aliphatic heterocycles. The van der Waals surface area contributed by atoms with Crippen LogP contribution in [0.3, 0.4) is 0 Å². The Morgan fingerprint density at radius 2 is 1.80 bits per heavy atom. The number of carbonyl (C=O) groups excluding carboxylic acids is 2. The topological polar surface area (TPSA) is 97.3 Å². The number of halogens is 1. The van der Waals surface area contributed by atoms with E-state index < -0.39 is 5.41 Å². The van der Waals surface area contributed by atoms with E-state index in [1.165, 1.54) is 0 Å². The third-order valence-corrected chi connectivity index (χ3v) is 6.61. The lowest BCUT2D eigenvalue weighted by Crippen LogP contribution is -2.34. The van der Waals surface area contributed by atoms with Crippen molar-refractivity contribution in [1.29, 1.82) is 0 Å². The summed E-state index contributed by atoms with van der Waals surface area (Å²) >= 11 is 6.49. The number of carbonyl (C=O) groups is 2. The summed E-state index contributed by atoms with van der Waals surface area (Å²) in [6, 6.07) is 18.6. The van der Waals surface area contributed by atoms with Gasteiger partial charge in [-0.3, -0.25) is 9.59 Å². The highest BCUT2D eigenvalue weighted by atomic mass is 35.5. The summed E-state index contributed by atoms with van der Waals surface area (Å²) in [6.45, 7) is 8.44. The number of anilines is 2. The minimum Gasteiger partial charge on any atom is -0.493 e. The van der Waals surface area contributed by atoms with Gasteiger partial charge in [0.05, 0.1) is 40.5 Å². The number of hydrogen-bond donors (Lipinski definition) is 3.